The molecule has 0 saturated heterocycles. The smallest absolute Gasteiger partial charge is 0.263 e. The molecule has 156 valence electrons. The Morgan fingerprint density at radius 1 is 1.19 bits per heavy atom. The van der Waals surface area contributed by atoms with E-state index in [-0.39, 0.29) is 17.2 Å². The molecule has 5 nitrogen and oxygen atoms in total. The molecule has 0 saturated carbocycles. The second-order valence-corrected chi connectivity index (χ2v) is 8.97. The van der Waals surface area contributed by atoms with Crippen molar-refractivity contribution in [2.24, 2.45) is 0 Å². The first-order valence-corrected chi connectivity index (χ1v) is 11.6. The van der Waals surface area contributed by atoms with Crippen molar-refractivity contribution in [1.29, 1.82) is 0 Å². The van der Waals surface area contributed by atoms with Crippen molar-refractivity contribution in [2.75, 3.05) is 11.1 Å². The lowest BCUT2D eigenvalue weighted by molar-refractivity contribution is -0.113. The quantitative estimate of drug-likeness (QED) is 0.236. The van der Waals surface area contributed by atoms with Crippen LogP contribution in [0, 0.1) is 6.92 Å². The number of rotatable bonds is 7. The van der Waals surface area contributed by atoms with Gasteiger partial charge in [0.25, 0.3) is 5.56 Å². The minimum Gasteiger partial charge on any atom is -0.325 e. The maximum Gasteiger partial charge on any atom is 0.263 e. The van der Waals surface area contributed by atoms with Gasteiger partial charge in [-0.15, -0.1) is 17.9 Å². The molecule has 1 amide bonds. The van der Waals surface area contributed by atoms with E-state index in [9.17, 15) is 9.59 Å². The second kappa shape index (κ2) is 9.32. The average Bonchev–Trinajstić information content (AvgIpc) is 3.20. The van der Waals surface area contributed by atoms with Gasteiger partial charge in [-0.3, -0.25) is 14.2 Å². The zero-order valence-electron chi connectivity index (χ0n) is 17.0. The molecule has 0 unspecified atom stereocenters. The van der Waals surface area contributed by atoms with Crippen LogP contribution in [0.15, 0.2) is 83.3 Å². The van der Waals surface area contributed by atoms with Crippen LogP contribution in [-0.4, -0.2) is 21.2 Å². The molecule has 4 rings (SSSR count). The highest BCUT2D eigenvalue weighted by Gasteiger charge is 2.16. The number of allylic oxidation sites excluding steroid dienone is 1. The van der Waals surface area contributed by atoms with Gasteiger partial charge in [0.15, 0.2) is 5.16 Å². The first-order valence-electron chi connectivity index (χ1n) is 9.75. The average molecular weight is 448 g/mol. The van der Waals surface area contributed by atoms with E-state index in [2.05, 4.69) is 11.9 Å². The number of aromatic nitrogens is 2. The minimum absolute atomic E-state index is 0.120. The van der Waals surface area contributed by atoms with E-state index in [0.29, 0.717) is 21.9 Å². The van der Waals surface area contributed by atoms with Gasteiger partial charge >= 0.3 is 0 Å². The summed E-state index contributed by atoms with van der Waals surface area (Å²) in [6.07, 6.45) is 1.66. The van der Waals surface area contributed by atoms with E-state index in [1.165, 1.54) is 23.1 Å². The Bertz CT molecular complexity index is 1310. The molecule has 0 bridgehead atoms. The number of hydrogen-bond acceptors (Lipinski definition) is 5. The van der Waals surface area contributed by atoms with Crippen molar-refractivity contribution < 1.29 is 4.79 Å². The fourth-order valence-electron chi connectivity index (χ4n) is 3.19. The summed E-state index contributed by atoms with van der Waals surface area (Å²) in [5.74, 6) is 0.00574. The van der Waals surface area contributed by atoms with Crippen LogP contribution >= 0.6 is 23.1 Å². The fraction of sp³-hybridized carbons (Fsp3) is 0.125. The minimum atomic E-state index is -0.147. The Balaban J connectivity index is 1.61. The van der Waals surface area contributed by atoms with E-state index >= 15 is 0 Å². The van der Waals surface area contributed by atoms with Crippen molar-refractivity contribution in [2.45, 2.75) is 18.6 Å². The lowest BCUT2D eigenvalue weighted by Crippen LogP contribution is -2.23. The second-order valence-electron chi connectivity index (χ2n) is 7.00. The molecule has 4 aromatic rings. The normalized spacial score (nSPS) is 10.9. The number of hydrogen-bond donors (Lipinski definition) is 1. The third-order valence-corrected chi connectivity index (χ3v) is 6.67. The van der Waals surface area contributed by atoms with Crippen molar-refractivity contribution in [1.82, 2.24) is 9.55 Å². The number of carbonyl (C=O) groups is 1. The van der Waals surface area contributed by atoms with Gasteiger partial charge in [-0.05, 0) is 36.2 Å². The van der Waals surface area contributed by atoms with Gasteiger partial charge in [-0.2, -0.15) is 0 Å². The highest BCUT2D eigenvalue weighted by molar-refractivity contribution is 7.99. The molecule has 2 aromatic heterocycles. The number of aryl methyl sites for hydroxylation is 1. The van der Waals surface area contributed by atoms with Crippen LogP contribution in [-0.2, 0) is 11.3 Å². The highest BCUT2D eigenvalue weighted by atomic mass is 32.2. The Morgan fingerprint density at radius 2 is 2.00 bits per heavy atom. The van der Waals surface area contributed by atoms with Crippen LogP contribution in [0.4, 0.5) is 5.69 Å². The number of nitrogens with zero attached hydrogens (tertiary/aromatic N) is 2. The molecule has 0 spiro atoms. The number of fused-ring (bicyclic) bond motifs is 1. The van der Waals surface area contributed by atoms with Gasteiger partial charge in [-0.25, -0.2) is 4.98 Å². The van der Waals surface area contributed by atoms with E-state index in [1.807, 2.05) is 67.6 Å². The summed E-state index contributed by atoms with van der Waals surface area (Å²) in [5, 5.41) is 3.98. The molecule has 0 aliphatic carbocycles. The first-order chi connectivity index (χ1) is 15.0. The van der Waals surface area contributed by atoms with Crippen LogP contribution in [0.2, 0.25) is 0 Å². The zero-order chi connectivity index (χ0) is 21.8. The molecule has 1 N–H and O–H groups in total. The zero-order valence-corrected chi connectivity index (χ0v) is 18.6. The summed E-state index contributed by atoms with van der Waals surface area (Å²) in [6, 6.07) is 19.5. The predicted molar refractivity (Wildman–Crippen MR) is 130 cm³/mol. The summed E-state index contributed by atoms with van der Waals surface area (Å²) < 4.78 is 1.57. The van der Waals surface area contributed by atoms with Crippen molar-refractivity contribution in [3.8, 4) is 10.4 Å². The molecular weight excluding hydrogens is 426 g/mol. The lowest BCUT2D eigenvalue weighted by Gasteiger charge is -2.10. The monoisotopic (exact) mass is 447 g/mol. The summed E-state index contributed by atoms with van der Waals surface area (Å²) in [5.41, 5.74) is 2.75. The largest absolute Gasteiger partial charge is 0.325 e. The van der Waals surface area contributed by atoms with Crippen LogP contribution in [0.5, 0.6) is 0 Å². The number of anilines is 1. The summed E-state index contributed by atoms with van der Waals surface area (Å²) in [4.78, 5) is 31.9. The molecule has 2 heterocycles. The van der Waals surface area contributed by atoms with Gasteiger partial charge in [0, 0.05) is 17.1 Å². The molecule has 0 aliphatic rings. The first kappa shape index (κ1) is 21.1. The number of nitrogens with one attached hydrogen (secondary N) is 1. The maximum atomic E-state index is 13.1. The number of thioether (sulfide) groups is 1. The molecule has 2 aromatic carbocycles. The SMILES string of the molecule is C=CCn1c(SCC(=O)Nc2cccc(C)c2)nc2sc(-c3ccccc3)cc2c1=O. The van der Waals surface area contributed by atoms with Gasteiger partial charge in [0.05, 0.1) is 11.1 Å². The van der Waals surface area contributed by atoms with E-state index in [0.717, 1.165) is 21.7 Å². The molecule has 0 fully saturated rings. The van der Waals surface area contributed by atoms with E-state index < -0.39 is 0 Å². The van der Waals surface area contributed by atoms with Crippen LogP contribution in [0.1, 0.15) is 5.56 Å². The van der Waals surface area contributed by atoms with Crippen LogP contribution < -0.4 is 10.9 Å². The number of thiophene rings is 1. The summed E-state index contributed by atoms with van der Waals surface area (Å²) >= 11 is 2.73. The number of amides is 1. The third-order valence-electron chi connectivity index (χ3n) is 4.62. The van der Waals surface area contributed by atoms with Gasteiger partial charge in [0.2, 0.25) is 5.91 Å². The van der Waals surface area contributed by atoms with E-state index in [1.54, 1.807) is 10.6 Å². The molecular formula is C24H21N3O2S2. The Hall–Kier alpha value is -3.16. The van der Waals surface area contributed by atoms with Crippen molar-refractivity contribution in [3.05, 3.63) is 89.2 Å². The lowest BCUT2D eigenvalue weighted by atomic mass is 10.2. The van der Waals surface area contributed by atoms with E-state index in [4.69, 9.17) is 4.98 Å². The number of benzene rings is 2. The fourth-order valence-corrected chi connectivity index (χ4v) is 5.08. The molecule has 7 heteroatoms. The molecule has 0 aliphatic heterocycles. The standard InChI is InChI=1S/C24H21N3O2S2/c1-3-12-27-23(29)19-14-20(17-9-5-4-6-10-17)31-22(19)26-24(27)30-15-21(28)25-18-11-7-8-16(2)13-18/h3-11,13-14H,1,12,15H2,2H3,(H,25,28). The summed E-state index contributed by atoms with van der Waals surface area (Å²) in [6.45, 7) is 6.06. The predicted octanol–water partition coefficient (Wildman–Crippen LogP) is 5.35. The molecule has 31 heavy (non-hydrogen) atoms. The Morgan fingerprint density at radius 3 is 2.74 bits per heavy atom. The maximum absolute atomic E-state index is 13.1. The Kier molecular flexibility index (Phi) is 6.34. The molecule has 0 atom stereocenters. The van der Waals surface area contributed by atoms with Crippen LogP contribution in [0.25, 0.3) is 20.7 Å². The summed E-state index contributed by atoms with van der Waals surface area (Å²) in [7, 11) is 0. The topological polar surface area (TPSA) is 64.0 Å². The van der Waals surface area contributed by atoms with Crippen LogP contribution in [0.3, 0.4) is 0 Å². The van der Waals surface area contributed by atoms with Crippen molar-refractivity contribution >= 4 is 44.9 Å². The van der Waals surface area contributed by atoms with Gasteiger partial charge in [0.1, 0.15) is 4.83 Å². The molecule has 0 radical (unpaired) electrons. The Labute approximate surface area is 188 Å². The van der Waals surface area contributed by atoms with Gasteiger partial charge < -0.3 is 5.32 Å². The van der Waals surface area contributed by atoms with Gasteiger partial charge in [-0.1, -0.05) is 60.3 Å². The third kappa shape index (κ3) is 4.78. The van der Waals surface area contributed by atoms with Crippen molar-refractivity contribution in [3.63, 3.8) is 0 Å². The highest BCUT2D eigenvalue weighted by Crippen LogP contribution is 2.32. The number of carbonyl (C=O) groups excluding carboxylic acids is 1.